The van der Waals surface area contributed by atoms with Gasteiger partial charge in [-0.1, -0.05) is 20.8 Å². The summed E-state index contributed by atoms with van der Waals surface area (Å²) in [5.41, 5.74) is 1.99. The van der Waals surface area contributed by atoms with Crippen molar-refractivity contribution < 1.29 is 22.7 Å². The average molecular weight is 591 g/mol. The van der Waals surface area contributed by atoms with E-state index in [2.05, 4.69) is 31.0 Å². The SMILES string of the molecule is CCCN(CCC)C(=O)c1c(NC(=O)c2ccc(S(=O)(=O)N3CC(C)OC(C)C3)cc2)sc2c1CCN(CC)C2. The van der Waals surface area contributed by atoms with Crippen molar-refractivity contribution in [3.05, 3.63) is 45.8 Å². The molecule has 1 saturated heterocycles. The summed E-state index contributed by atoms with van der Waals surface area (Å²) in [7, 11) is -3.71. The minimum absolute atomic E-state index is 0.0307. The van der Waals surface area contributed by atoms with Crippen molar-refractivity contribution in [3.63, 3.8) is 0 Å². The van der Waals surface area contributed by atoms with Crippen LogP contribution in [0.1, 0.15) is 78.6 Å². The molecule has 11 heteroatoms. The van der Waals surface area contributed by atoms with Crippen LogP contribution in [0.2, 0.25) is 0 Å². The Hall–Kier alpha value is -2.31. The number of likely N-dealkylation sites (N-methyl/N-ethyl adjacent to an activating group) is 1. The third kappa shape index (κ3) is 6.60. The van der Waals surface area contributed by atoms with Crippen LogP contribution in [0.15, 0.2) is 29.2 Å². The maximum Gasteiger partial charge on any atom is 0.257 e. The van der Waals surface area contributed by atoms with Crippen LogP contribution in [0, 0.1) is 0 Å². The topological polar surface area (TPSA) is 99.3 Å². The van der Waals surface area contributed by atoms with E-state index in [0.717, 1.165) is 49.3 Å². The number of ether oxygens (including phenoxy) is 1. The lowest BCUT2D eigenvalue weighted by Gasteiger charge is -2.34. The van der Waals surface area contributed by atoms with E-state index in [1.165, 1.54) is 39.9 Å². The monoisotopic (exact) mass is 590 g/mol. The molecule has 1 N–H and O–H groups in total. The van der Waals surface area contributed by atoms with Gasteiger partial charge in [0.05, 0.1) is 22.7 Å². The molecule has 2 aliphatic heterocycles. The number of amides is 2. The highest BCUT2D eigenvalue weighted by Crippen LogP contribution is 2.38. The second-order valence-electron chi connectivity index (χ2n) is 10.7. The Morgan fingerprint density at radius 3 is 2.25 bits per heavy atom. The number of hydrogen-bond donors (Lipinski definition) is 1. The van der Waals surface area contributed by atoms with Crippen LogP contribution in [-0.4, -0.2) is 85.8 Å². The van der Waals surface area contributed by atoms with E-state index in [-0.39, 0.29) is 42.0 Å². The molecule has 0 saturated carbocycles. The minimum atomic E-state index is -3.71. The number of benzene rings is 1. The number of carbonyl (C=O) groups excluding carboxylic acids is 2. The Balaban J connectivity index is 1.59. The van der Waals surface area contributed by atoms with Gasteiger partial charge in [-0.3, -0.25) is 14.5 Å². The van der Waals surface area contributed by atoms with Crippen molar-refractivity contribution in [3.8, 4) is 0 Å². The first-order valence-corrected chi connectivity index (χ1v) is 16.6. The van der Waals surface area contributed by atoms with E-state index in [0.29, 0.717) is 29.2 Å². The molecule has 1 aromatic carbocycles. The van der Waals surface area contributed by atoms with Crippen molar-refractivity contribution in [1.29, 1.82) is 0 Å². The molecule has 2 unspecified atom stereocenters. The van der Waals surface area contributed by atoms with Crippen LogP contribution in [0.5, 0.6) is 0 Å². The van der Waals surface area contributed by atoms with Crippen molar-refractivity contribution in [1.82, 2.24) is 14.1 Å². The molecule has 2 aromatic rings. The molecule has 0 radical (unpaired) electrons. The fraction of sp³-hybridized carbons (Fsp3) is 0.586. The molecule has 1 fully saturated rings. The number of thiophene rings is 1. The van der Waals surface area contributed by atoms with Gasteiger partial charge in [0.15, 0.2) is 0 Å². The van der Waals surface area contributed by atoms with Gasteiger partial charge in [-0.15, -0.1) is 11.3 Å². The third-order valence-corrected chi connectivity index (χ3v) is 10.4. The van der Waals surface area contributed by atoms with Crippen LogP contribution < -0.4 is 5.32 Å². The lowest BCUT2D eigenvalue weighted by molar-refractivity contribution is -0.0440. The summed E-state index contributed by atoms with van der Waals surface area (Å²) in [5.74, 6) is -0.396. The van der Waals surface area contributed by atoms with Crippen molar-refractivity contribution in [2.75, 3.05) is 44.6 Å². The number of fused-ring (bicyclic) bond motifs is 1. The highest BCUT2D eigenvalue weighted by molar-refractivity contribution is 7.89. The summed E-state index contributed by atoms with van der Waals surface area (Å²) in [6, 6.07) is 6.02. The maximum absolute atomic E-state index is 13.8. The highest BCUT2D eigenvalue weighted by atomic mass is 32.2. The predicted molar refractivity (Wildman–Crippen MR) is 159 cm³/mol. The molecule has 2 aliphatic rings. The van der Waals surface area contributed by atoms with Crippen LogP contribution in [-0.2, 0) is 27.7 Å². The van der Waals surface area contributed by atoms with E-state index < -0.39 is 10.0 Å². The third-order valence-electron chi connectivity index (χ3n) is 7.44. The molecule has 9 nitrogen and oxygen atoms in total. The standard InChI is InChI=1S/C29H42N4O5S2/c1-6-14-32(15-7-2)29(35)26-24-13-16-31(8-3)19-25(24)39-28(26)30-27(34)22-9-11-23(12-10-22)40(36,37)33-17-20(4)38-21(5)18-33/h9-12,20-21H,6-8,13-19H2,1-5H3,(H,30,34). The first kappa shape index (κ1) is 30.6. The van der Waals surface area contributed by atoms with Crippen molar-refractivity contribution in [2.24, 2.45) is 0 Å². The fourth-order valence-electron chi connectivity index (χ4n) is 5.48. The van der Waals surface area contributed by atoms with E-state index in [1.54, 1.807) is 0 Å². The number of nitrogens with zero attached hydrogens (tertiary/aromatic N) is 3. The second-order valence-corrected chi connectivity index (χ2v) is 13.7. The van der Waals surface area contributed by atoms with Gasteiger partial charge < -0.3 is 15.0 Å². The number of hydrogen-bond acceptors (Lipinski definition) is 7. The summed E-state index contributed by atoms with van der Waals surface area (Å²) in [4.78, 5) is 32.6. The van der Waals surface area contributed by atoms with Gasteiger partial charge in [-0.25, -0.2) is 8.42 Å². The molecule has 40 heavy (non-hydrogen) atoms. The number of nitrogens with one attached hydrogen (secondary N) is 1. The van der Waals surface area contributed by atoms with Gasteiger partial charge in [-0.05, 0) is 69.5 Å². The molecule has 1 aromatic heterocycles. The van der Waals surface area contributed by atoms with Crippen LogP contribution in [0.4, 0.5) is 5.00 Å². The Kier molecular flexibility index (Phi) is 10.0. The molecule has 3 heterocycles. The Labute approximate surface area is 242 Å². The molecule has 0 aliphatic carbocycles. The van der Waals surface area contributed by atoms with E-state index in [4.69, 9.17) is 4.74 Å². The molecule has 2 atom stereocenters. The Morgan fingerprint density at radius 2 is 1.68 bits per heavy atom. The van der Waals surface area contributed by atoms with Gasteiger partial charge in [0.1, 0.15) is 5.00 Å². The van der Waals surface area contributed by atoms with Crippen LogP contribution in [0.25, 0.3) is 0 Å². The predicted octanol–water partition coefficient (Wildman–Crippen LogP) is 4.44. The van der Waals surface area contributed by atoms with Crippen LogP contribution in [0.3, 0.4) is 0 Å². The average Bonchev–Trinajstić information content (AvgIpc) is 3.28. The van der Waals surface area contributed by atoms with Crippen LogP contribution >= 0.6 is 11.3 Å². The lowest BCUT2D eigenvalue weighted by Crippen LogP contribution is -2.48. The molecular weight excluding hydrogens is 548 g/mol. The minimum Gasteiger partial charge on any atom is -0.373 e. The van der Waals surface area contributed by atoms with E-state index >= 15 is 0 Å². The molecule has 0 bridgehead atoms. The second kappa shape index (κ2) is 13.1. The van der Waals surface area contributed by atoms with Crippen molar-refractivity contribution >= 4 is 38.2 Å². The van der Waals surface area contributed by atoms with E-state index in [9.17, 15) is 18.0 Å². The molecule has 0 spiro atoms. The molecule has 4 rings (SSSR count). The number of morpholine rings is 1. The zero-order valence-corrected chi connectivity index (χ0v) is 25.9. The first-order chi connectivity index (χ1) is 19.1. The Morgan fingerprint density at radius 1 is 1.05 bits per heavy atom. The molecular formula is C29H42N4O5S2. The summed E-state index contributed by atoms with van der Waals surface area (Å²) in [6.45, 7) is 14.5. The first-order valence-electron chi connectivity index (χ1n) is 14.3. The van der Waals surface area contributed by atoms with Gasteiger partial charge in [-0.2, -0.15) is 4.31 Å². The maximum atomic E-state index is 13.8. The number of carbonyl (C=O) groups is 2. The van der Waals surface area contributed by atoms with Gasteiger partial charge in [0.2, 0.25) is 10.0 Å². The normalized spacial score (nSPS) is 20.2. The van der Waals surface area contributed by atoms with Gasteiger partial charge in [0.25, 0.3) is 11.8 Å². The Bertz CT molecular complexity index is 1290. The molecule has 220 valence electrons. The highest BCUT2D eigenvalue weighted by Gasteiger charge is 2.33. The summed E-state index contributed by atoms with van der Waals surface area (Å²) < 4.78 is 33.6. The molecule has 2 amide bonds. The fourth-order valence-corrected chi connectivity index (χ4v) is 8.35. The van der Waals surface area contributed by atoms with Crippen molar-refractivity contribution in [2.45, 2.75) is 77.5 Å². The van der Waals surface area contributed by atoms with E-state index in [1.807, 2.05) is 18.7 Å². The smallest absolute Gasteiger partial charge is 0.257 e. The summed E-state index contributed by atoms with van der Waals surface area (Å²) in [6.07, 6.45) is 2.12. The number of rotatable bonds is 10. The van der Waals surface area contributed by atoms with Gasteiger partial charge >= 0.3 is 0 Å². The summed E-state index contributed by atoms with van der Waals surface area (Å²) in [5, 5.41) is 3.58. The largest absolute Gasteiger partial charge is 0.373 e. The zero-order valence-electron chi connectivity index (χ0n) is 24.2. The number of anilines is 1. The lowest BCUT2D eigenvalue weighted by atomic mass is 10.0. The summed E-state index contributed by atoms with van der Waals surface area (Å²) >= 11 is 1.48. The van der Waals surface area contributed by atoms with Gasteiger partial charge in [0, 0.05) is 49.7 Å². The quantitative estimate of drug-likeness (QED) is 0.439. The number of sulfonamides is 1. The zero-order chi connectivity index (χ0) is 29.0.